The van der Waals surface area contributed by atoms with Crippen LogP contribution in [0.25, 0.3) is 44.7 Å². The number of nitrogens with two attached hydrogens (primary N) is 1. The molecule has 0 fully saturated rings. The fraction of sp³-hybridized carbons (Fsp3) is 0.125. The van der Waals surface area contributed by atoms with Crippen LogP contribution in [0.3, 0.4) is 0 Å². The highest BCUT2D eigenvalue weighted by molar-refractivity contribution is 7.92. The smallest absolute Gasteiger partial charge is 0.252 e. The maximum Gasteiger partial charge on any atom is 0.252 e. The summed E-state index contributed by atoms with van der Waals surface area (Å²) < 4.78 is 77.8. The molecule has 0 aliphatic carbocycles. The fourth-order valence-electron chi connectivity index (χ4n) is 5.18. The molecule has 6 rings (SSSR count). The number of furan rings is 1. The summed E-state index contributed by atoms with van der Waals surface area (Å²) in [6.45, 7) is 0. The molecular weight excluding hydrogens is 636 g/mol. The van der Waals surface area contributed by atoms with Gasteiger partial charge in [0.2, 0.25) is 25.9 Å². The number of carbonyl (C=O) groups is 1. The Morgan fingerprint density at radius 2 is 1.63 bits per heavy atom. The second kappa shape index (κ2) is 11.3. The van der Waals surface area contributed by atoms with Crippen molar-refractivity contribution in [3.8, 4) is 22.6 Å². The van der Waals surface area contributed by atoms with Gasteiger partial charge in [0.1, 0.15) is 22.7 Å². The molecule has 0 spiro atoms. The van der Waals surface area contributed by atoms with Crippen LogP contribution in [0.2, 0.25) is 0 Å². The van der Waals surface area contributed by atoms with Gasteiger partial charge in [0.25, 0.3) is 5.91 Å². The number of hydrogen-bond acceptors (Lipinski definition) is 8. The van der Waals surface area contributed by atoms with Crippen molar-refractivity contribution < 1.29 is 34.9 Å². The van der Waals surface area contributed by atoms with Crippen LogP contribution in [0.4, 0.5) is 15.8 Å². The Balaban J connectivity index is 1.49. The summed E-state index contributed by atoms with van der Waals surface area (Å²) in [5.41, 5.74) is 9.89. The Kier molecular flexibility index (Phi) is 7.57. The number of fused-ring (bicyclic) bond motifs is 2. The number of primary amides is 1. The zero-order valence-corrected chi connectivity index (χ0v) is 26.4. The molecule has 236 valence electrons. The van der Waals surface area contributed by atoms with Gasteiger partial charge in [-0.05, 0) is 53.6 Å². The number of benzene rings is 4. The third-order valence-electron chi connectivity index (χ3n) is 7.35. The molecule has 0 unspecified atom stereocenters. The monoisotopic (exact) mass is 662 g/mol. The van der Waals surface area contributed by atoms with Crippen molar-refractivity contribution in [3.63, 3.8) is 0 Å². The van der Waals surface area contributed by atoms with Crippen molar-refractivity contribution in [3.05, 3.63) is 102 Å². The highest BCUT2D eigenvalue weighted by Gasteiger charge is 2.25. The Bertz CT molecular complexity index is 2380. The van der Waals surface area contributed by atoms with Gasteiger partial charge in [-0.1, -0.05) is 24.3 Å². The first-order chi connectivity index (χ1) is 21.7. The van der Waals surface area contributed by atoms with Gasteiger partial charge >= 0.3 is 0 Å². The van der Waals surface area contributed by atoms with E-state index < -0.39 is 31.8 Å². The summed E-state index contributed by atoms with van der Waals surface area (Å²) in [6.07, 6.45) is 2.26. The van der Waals surface area contributed by atoms with Crippen LogP contribution in [-0.4, -0.2) is 47.3 Å². The maximum atomic E-state index is 13.5. The molecule has 6 aromatic rings. The molecule has 0 bridgehead atoms. The molecule has 3 N–H and O–H groups in total. The van der Waals surface area contributed by atoms with Gasteiger partial charge in [0.15, 0.2) is 5.58 Å². The maximum absolute atomic E-state index is 13.5. The number of nitrogens with zero attached hydrogens (tertiary/aromatic N) is 2. The molecule has 11 nitrogen and oxygen atoms in total. The first-order valence-corrected chi connectivity index (χ1v) is 17.5. The van der Waals surface area contributed by atoms with Gasteiger partial charge in [0, 0.05) is 42.1 Å². The third-order valence-corrected chi connectivity index (χ3v) is 9.15. The second-order valence-electron chi connectivity index (χ2n) is 10.8. The zero-order chi connectivity index (χ0) is 33.0. The molecule has 0 aliphatic rings. The van der Waals surface area contributed by atoms with Crippen LogP contribution in [-0.2, 0) is 26.5 Å². The van der Waals surface area contributed by atoms with E-state index in [9.17, 15) is 26.0 Å². The van der Waals surface area contributed by atoms with Crippen molar-refractivity contribution in [1.29, 1.82) is 0 Å². The van der Waals surface area contributed by atoms with Crippen molar-refractivity contribution in [2.24, 2.45) is 5.73 Å². The first-order valence-electron chi connectivity index (χ1n) is 13.7. The lowest BCUT2D eigenvalue weighted by atomic mass is 9.97. The van der Waals surface area contributed by atoms with E-state index in [0.717, 1.165) is 16.8 Å². The average Bonchev–Trinajstić information content (AvgIpc) is 3.56. The predicted octanol–water partition coefficient (Wildman–Crippen LogP) is 5.50. The van der Waals surface area contributed by atoms with Crippen LogP contribution in [0.15, 0.2) is 87.7 Å². The van der Waals surface area contributed by atoms with E-state index in [-0.39, 0.29) is 34.9 Å². The van der Waals surface area contributed by atoms with E-state index in [0.29, 0.717) is 44.4 Å². The third kappa shape index (κ3) is 6.17. The number of rotatable bonds is 9. The van der Waals surface area contributed by atoms with Gasteiger partial charge in [-0.25, -0.2) is 26.2 Å². The van der Waals surface area contributed by atoms with Gasteiger partial charge in [0.05, 0.1) is 29.4 Å². The summed E-state index contributed by atoms with van der Waals surface area (Å²) in [7, 11) is -5.83. The lowest BCUT2D eigenvalue weighted by Gasteiger charge is -2.21. The Morgan fingerprint density at radius 3 is 2.30 bits per heavy atom. The highest BCUT2D eigenvalue weighted by atomic mass is 32.2. The summed E-state index contributed by atoms with van der Waals surface area (Å²) >= 11 is 0. The number of nitrogens with one attached hydrogen (secondary N) is 1. The van der Waals surface area contributed by atoms with Gasteiger partial charge in [-0.15, -0.1) is 0 Å². The Hall–Kier alpha value is -5.21. The molecular formula is C32H27FN4O7S2. The number of amides is 1. The predicted molar refractivity (Wildman–Crippen MR) is 174 cm³/mol. The van der Waals surface area contributed by atoms with Crippen LogP contribution >= 0.6 is 0 Å². The molecule has 0 radical (unpaired) electrons. The van der Waals surface area contributed by atoms with Gasteiger partial charge < -0.3 is 14.6 Å². The number of aromatic nitrogens is 1. The molecule has 46 heavy (non-hydrogen) atoms. The summed E-state index contributed by atoms with van der Waals surface area (Å²) in [4.78, 5) is 17.3. The standard InChI is InChI=1S/C32H27FN4O7S2/c1-37(46(3,41)42)26-17-27-24(30(31(34)38)29(43-27)13-18-7-9-21(33)10-8-18)16-23(26)19-5-4-6-20(14-19)32-35-25-12-11-22(15-28(25)44-32)36-45(2,39)40/h4-12,14-17,36H,13H2,1-3H3,(H2,34,38). The van der Waals surface area contributed by atoms with Gasteiger partial charge in [-0.2, -0.15) is 0 Å². The fourth-order valence-corrected chi connectivity index (χ4v) is 6.24. The Morgan fingerprint density at radius 1 is 0.913 bits per heavy atom. The highest BCUT2D eigenvalue weighted by Crippen LogP contribution is 2.40. The minimum absolute atomic E-state index is 0.128. The van der Waals surface area contributed by atoms with E-state index >= 15 is 0 Å². The molecule has 2 aromatic heterocycles. The molecule has 0 saturated carbocycles. The van der Waals surface area contributed by atoms with E-state index in [1.54, 1.807) is 54.6 Å². The van der Waals surface area contributed by atoms with Crippen LogP contribution in [0.1, 0.15) is 21.7 Å². The zero-order valence-electron chi connectivity index (χ0n) is 24.7. The molecule has 0 saturated heterocycles. The largest absolute Gasteiger partial charge is 0.460 e. The second-order valence-corrected chi connectivity index (χ2v) is 14.6. The number of sulfonamides is 2. The first kappa shape index (κ1) is 30.8. The number of carbonyl (C=O) groups excluding carboxylic acids is 1. The molecule has 1 amide bonds. The molecule has 14 heteroatoms. The number of hydrogen-bond donors (Lipinski definition) is 2. The normalized spacial score (nSPS) is 12.1. The quantitative estimate of drug-likeness (QED) is 0.205. The summed E-state index contributed by atoms with van der Waals surface area (Å²) in [6, 6.07) is 20.7. The van der Waals surface area contributed by atoms with Crippen molar-refractivity contribution in [2.45, 2.75) is 6.42 Å². The lowest BCUT2D eigenvalue weighted by molar-refractivity contribution is 0.1000. The van der Waals surface area contributed by atoms with Gasteiger partial charge in [-0.3, -0.25) is 13.8 Å². The average molecular weight is 663 g/mol. The van der Waals surface area contributed by atoms with Crippen LogP contribution in [0, 0.1) is 5.82 Å². The number of oxazole rings is 1. The topological polar surface area (TPSA) is 166 Å². The SMILES string of the molecule is CN(c1cc2oc(Cc3ccc(F)cc3)c(C(N)=O)c2cc1-c1cccc(-c2nc3ccc(NS(C)(=O)=O)cc3o2)c1)S(C)(=O)=O. The summed E-state index contributed by atoms with van der Waals surface area (Å²) in [5.74, 6) is -0.648. The van der Waals surface area contributed by atoms with Crippen LogP contribution < -0.4 is 14.8 Å². The van der Waals surface area contributed by atoms with E-state index in [1.165, 1.54) is 31.3 Å². The minimum Gasteiger partial charge on any atom is -0.460 e. The number of anilines is 2. The van der Waals surface area contributed by atoms with E-state index in [4.69, 9.17) is 14.6 Å². The number of halogens is 1. The van der Waals surface area contributed by atoms with E-state index in [2.05, 4.69) is 9.71 Å². The van der Waals surface area contributed by atoms with Crippen molar-refractivity contribution in [1.82, 2.24) is 4.98 Å². The lowest BCUT2D eigenvalue weighted by Crippen LogP contribution is -2.25. The summed E-state index contributed by atoms with van der Waals surface area (Å²) in [5, 5.41) is 0.378. The van der Waals surface area contributed by atoms with Crippen LogP contribution in [0.5, 0.6) is 0 Å². The van der Waals surface area contributed by atoms with E-state index in [1.807, 2.05) is 0 Å². The van der Waals surface area contributed by atoms with Crippen molar-refractivity contribution in [2.75, 3.05) is 28.6 Å². The molecule has 4 aromatic carbocycles. The minimum atomic E-state index is -3.74. The van der Waals surface area contributed by atoms with Crippen molar-refractivity contribution >= 4 is 59.4 Å². The Labute approximate surface area is 263 Å². The molecule has 0 atom stereocenters. The molecule has 0 aliphatic heterocycles. The molecule has 2 heterocycles.